The number of halogens is 1. The lowest BCUT2D eigenvalue weighted by molar-refractivity contribution is 0.196. The molecular formula is C10H15ClN4O. The van der Waals surface area contributed by atoms with E-state index in [4.69, 9.17) is 23.1 Å². The van der Waals surface area contributed by atoms with Gasteiger partial charge in [-0.3, -0.25) is 4.99 Å². The summed E-state index contributed by atoms with van der Waals surface area (Å²) in [6.45, 7) is 0.500. The quantitative estimate of drug-likeness (QED) is 0.444. The molecule has 1 aromatic rings. The minimum Gasteiger partial charge on any atom is -0.389 e. The van der Waals surface area contributed by atoms with Gasteiger partial charge in [0.15, 0.2) is 5.96 Å². The highest BCUT2D eigenvalue weighted by atomic mass is 35.5. The summed E-state index contributed by atoms with van der Waals surface area (Å²) in [4.78, 5) is 3.71. The first-order valence-electron chi connectivity index (χ1n) is 4.81. The van der Waals surface area contributed by atoms with Crippen LogP contribution >= 0.6 is 11.6 Å². The predicted octanol–water partition coefficient (Wildman–Crippen LogP) is 0.386. The SMILES string of the molecule is NC(N)=NCC(O)CNc1ccccc1Cl. The van der Waals surface area contributed by atoms with Gasteiger partial charge in [-0.05, 0) is 12.1 Å². The van der Waals surface area contributed by atoms with Crippen LogP contribution in [0.1, 0.15) is 0 Å². The monoisotopic (exact) mass is 242 g/mol. The number of hydrogen-bond acceptors (Lipinski definition) is 3. The van der Waals surface area contributed by atoms with Crippen molar-refractivity contribution in [2.24, 2.45) is 16.5 Å². The summed E-state index contributed by atoms with van der Waals surface area (Å²) in [5.41, 5.74) is 11.1. The third kappa shape index (κ3) is 4.37. The number of nitrogens with one attached hydrogen (secondary N) is 1. The Morgan fingerprint density at radius 2 is 2.12 bits per heavy atom. The Balaban J connectivity index is 2.40. The van der Waals surface area contributed by atoms with E-state index in [1.807, 2.05) is 18.2 Å². The Morgan fingerprint density at radius 1 is 1.44 bits per heavy atom. The molecule has 6 N–H and O–H groups in total. The third-order valence-electron chi connectivity index (χ3n) is 1.89. The molecule has 0 aliphatic rings. The third-order valence-corrected chi connectivity index (χ3v) is 2.22. The van der Waals surface area contributed by atoms with Crippen LogP contribution in [0.2, 0.25) is 5.02 Å². The summed E-state index contributed by atoms with van der Waals surface area (Å²) in [5, 5.41) is 13.1. The number of nitrogens with zero attached hydrogens (tertiary/aromatic N) is 1. The van der Waals surface area contributed by atoms with Crippen molar-refractivity contribution >= 4 is 23.2 Å². The van der Waals surface area contributed by atoms with Gasteiger partial charge >= 0.3 is 0 Å². The number of hydrogen-bond donors (Lipinski definition) is 4. The van der Waals surface area contributed by atoms with E-state index >= 15 is 0 Å². The highest BCUT2D eigenvalue weighted by molar-refractivity contribution is 6.33. The van der Waals surface area contributed by atoms with Gasteiger partial charge < -0.3 is 21.9 Å². The molecule has 0 saturated carbocycles. The van der Waals surface area contributed by atoms with E-state index in [1.54, 1.807) is 6.07 Å². The first-order valence-corrected chi connectivity index (χ1v) is 5.19. The molecule has 1 unspecified atom stereocenters. The van der Waals surface area contributed by atoms with E-state index in [0.29, 0.717) is 11.6 Å². The van der Waals surface area contributed by atoms with Crippen LogP contribution in [0.4, 0.5) is 5.69 Å². The van der Waals surface area contributed by atoms with Crippen molar-refractivity contribution in [2.45, 2.75) is 6.10 Å². The lowest BCUT2D eigenvalue weighted by Gasteiger charge is -2.11. The van der Waals surface area contributed by atoms with Crippen molar-refractivity contribution < 1.29 is 5.11 Å². The van der Waals surface area contributed by atoms with Gasteiger partial charge in [0.05, 0.1) is 23.4 Å². The molecule has 5 nitrogen and oxygen atoms in total. The summed E-state index contributed by atoms with van der Waals surface area (Å²) in [6, 6.07) is 7.29. The molecule has 0 heterocycles. The maximum Gasteiger partial charge on any atom is 0.185 e. The van der Waals surface area contributed by atoms with Crippen molar-refractivity contribution in [3.63, 3.8) is 0 Å². The van der Waals surface area contributed by atoms with Gasteiger partial charge in [0.2, 0.25) is 0 Å². The van der Waals surface area contributed by atoms with Crippen molar-refractivity contribution in [1.29, 1.82) is 0 Å². The van der Waals surface area contributed by atoms with Crippen LogP contribution in [0.25, 0.3) is 0 Å². The molecule has 0 fully saturated rings. The number of aliphatic hydroxyl groups is 1. The molecule has 88 valence electrons. The highest BCUT2D eigenvalue weighted by Gasteiger charge is 2.04. The summed E-state index contributed by atoms with van der Waals surface area (Å²) in [7, 11) is 0. The smallest absolute Gasteiger partial charge is 0.185 e. The fourth-order valence-electron chi connectivity index (χ4n) is 1.11. The van der Waals surface area contributed by atoms with Gasteiger partial charge in [0.25, 0.3) is 0 Å². The Morgan fingerprint density at radius 3 is 2.75 bits per heavy atom. The second-order valence-electron chi connectivity index (χ2n) is 3.28. The number of aliphatic imine (C=N–C) groups is 1. The molecule has 0 aromatic heterocycles. The second-order valence-corrected chi connectivity index (χ2v) is 3.69. The first-order chi connectivity index (χ1) is 7.59. The highest BCUT2D eigenvalue weighted by Crippen LogP contribution is 2.20. The average molecular weight is 243 g/mol. The Bertz CT molecular complexity index is 366. The van der Waals surface area contributed by atoms with Crippen LogP contribution in [0, 0.1) is 0 Å². The molecule has 0 bridgehead atoms. The van der Waals surface area contributed by atoms with Gasteiger partial charge in [-0.2, -0.15) is 0 Å². The fourth-order valence-corrected chi connectivity index (χ4v) is 1.31. The van der Waals surface area contributed by atoms with Crippen LogP contribution < -0.4 is 16.8 Å². The maximum atomic E-state index is 9.53. The van der Waals surface area contributed by atoms with Gasteiger partial charge in [0.1, 0.15) is 0 Å². The molecule has 1 rings (SSSR count). The lowest BCUT2D eigenvalue weighted by atomic mass is 10.3. The molecule has 0 aliphatic carbocycles. The zero-order valence-electron chi connectivity index (χ0n) is 8.73. The summed E-state index contributed by atoms with van der Waals surface area (Å²) in [5.74, 6) is -0.0307. The number of aliphatic hydroxyl groups excluding tert-OH is 1. The zero-order chi connectivity index (χ0) is 12.0. The van der Waals surface area contributed by atoms with Crippen molar-refractivity contribution in [3.05, 3.63) is 29.3 Å². The molecule has 16 heavy (non-hydrogen) atoms. The lowest BCUT2D eigenvalue weighted by Crippen LogP contribution is -2.28. The molecule has 0 spiro atoms. The topological polar surface area (TPSA) is 96.7 Å². The Kier molecular flexibility index (Phi) is 4.88. The molecular weight excluding hydrogens is 228 g/mol. The predicted molar refractivity (Wildman–Crippen MR) is 66.6 cm³/mol. The normalized spacial score (nSPS) is 11.9. The van der Waals surface area contributed by atoms with Crippen LogP contribution in [0.5, 0.6) is 0 Å². The summed E-state index contributed by atoms with van der Waals surface area (Å²) < 4.78 is 0. The number of guanidine groups is 1. The summed E-state index contributed by atoms with van der Waals surface area (Å²) >= 11 is 5.92. The zero-order valence-corrected chi connectivity index (χ0v) is 9.48. The fraction of sp³-hybridized carbons (Fsp3) is 0.300. The van der Waals surface area contributed by atoms with E-state index in [0.717, 1.165) is 5.69 Å². The molecule has 0 radical (unpaired) electrons. The van der Waals surface area contributed by atoms with Crippen LogP contribution in [-0.2, 0) is 0 Å². The standard InChI is InChI=1S/C10H15ClN4O/c11-8-3-1-2-4-9(8)14-5-7(16)6-15-10(12)13/h1-4,7,14,16H,5-6H2,(H4,12,13,15). The first kappa shape index (κ1) is 12.6. The minimum absolute atomic E-state index is 0.0307. The van der Waals surface area contributed by atoms with E-state index < -0.39 is 6.10 Å². The molecule has 0 amide bonds. The largest absolute Gasteiger partial charge is 0.389 e. The Hall–Kier alpha value is -1.46. The number of rotatable bonds is 5. The number of anilines is 1. The average Bonchev–Trinajstić information content (AvgIpc) is 2.25. The molecule has 6 heteroatoms. The maximum absolute atomic E-state index is 9.53. The Labute approximate surface area is 99.1 Å². The van der Waals surface area contributed by atoms with E-state index in [2.05, 4.69) is 10.3 Å². The molecule has 0 saturated heterocycles. The van der Waals surface area contributed by atoms with E-state index in [9.17, 15) is 5.11 Å². The minimum atomic E-state index is -0.654. The van der Waals surface area contributed by atoms with Crippen LogP contribution in [0.3, 0.4) is 0 Å². The van der Waals surface area contributed by atoms with E-state index in [-0.39, 0.29) is 12.5 Å². The molecule has 1 aromatic carbocycles. The number of para-hydroxylation sites is 1. The van der Waals surface area contributed by atoms with E-state index in [1.165, 1.54) is 0 Å². The number of nitrogens with two attached hydrogens (primary N) is 2. The van der Waals surface area contributed by atoms with Crippen molar-refractivity contribution in [1.82, 2.24) is 0 Å². The van der Waals surface area contributed by atoms with Crippen LogP contribution in [0.15, 0.2) is 29.3 Å². The van der Waals surface area contributed by atoms with Gasteiger partial charge in [0, 0.05) is 6.54 Å². The van der Waals surface area contributed by atoms with Gasteiger partial charge in [-0.25, -0.2) is 0 Å². The summed E-state index contributed by atoms with van der Waals surface area (Å²) in [6.07, 6.45) is -0.654. The number of benzene rings is 1. The van der Waals surface area contributed by atoms with Crippen LogP contribution in [-0.4, -0.2) is 30.3 Å². The molecule has 1 atom stereocenters. The van der Waals surface area contributed by atoms with Gasteiger partial charge in [-0.1, -0.05) is 23.7 Å². The molecule has 0 aliphatic heterocycles. The van der Waals surface area contributed by atoms with Crippen molar-refractivity contribution in [2.75, 3.05) is 18.4 Å². The second kappa shape index (κ2) is 6.19. The van der Waals surface area contributed by atoms with Crippen molar-refractivity contribution in [3.8, 4) is 0 Å². The van der Waals surface area contributed by atoms with Gasteiger partial charge in [-0.15, -0.1) is 0 Å².